The van der Waals surface area contributed by atoms with Gasteiger partial charge in [0.25, 0.3) is 0 Å². The molecule has 0 spiro atoms. The lowest BCUT2D eigenvalue weighted by Crippen LogP contribution is -1.93. The van der Waals surface area contributed by atoms with Gasteiger partial charge >= 0.3 is 5.97 Å². The van der Waals surface area contributed by atoms with Gasteiger partial charge in [0.05, 0.1) is 7.11 Å². The summed E-state index contributed by atoms with van der Waals surface area (Å²) in [5, 5.41) is 0. The van der Waals surface area contributed by atoms with Gasteiger partial charge in [0.2, 0.25) is 0 Å². The van der Waals surface area contributed by atoms with Gasteiger partial charge in [-0.3, -0.25) is 0 Å². The fourth-order valence-corrected chi connectivity index (χ4v) is 1.43. The van der Waals surface area contributed by atoms with Gasteiger partial charge in [-0.2, -0.15) is 0 Å². The number of ether oxygens (including phenoxy) is 1. The molecule has 0 unspecified atom stereocenters. The molecule has 0 amide bonds. The average Bonchev–Trinajstić information content (AvgIpc) is 2.46. The highest BCUT2D eigenvalue weighted by Gasteiger charge is 1.95. The van der Waals surface area contributed by atoms with Crippen molar-refractivity contribution in [2.75, 3.05) is 7.11 Å². The molecule has 0 N–H and O–H groups in total. The number of carbonyl (C=O) groups is 1. The Morgan fingerprint density at radius 3 is 2.40 bits per heavy atom. The van der Waals surface area contributed by atoms with E-state index in [1.807, 2.05) is 6.08 Å². The predicted octanol–water partition coefficient (Wildman–Crippen LogP) is 4.85. The molecule has 0 fully saturated rings. The van der Waals surface area contributed by atoms with Crippen molar-refractivity contribution in [2.24, 2.45) is 11.8 Å². The molecule has 20 heavy (non-hydrogen) atoms. The van der Waals surface area contributed by atoms with Crippen LogP contribution in [0, 0.1) is 11.8 Å². The Balaban J connectivity index is 4.17. The minimum atomic E-state index is -0.326. The van der Waals surface area contributed by atoms with Crippen LogP contribution in [0.3, 0.4) is 0 Å². The van der Waals surface area contributed by atoms with Crippen LogP contribution in [0.5, 0.6) is 0 Å². The molecule has 2 nitrogen and oxygen atoms in total. The summed E-state index contributed by atoms with van der Waals surface area (Å²) in [6.45, 7) is 8.71. The van der Waals surface area contributed by atoms with E-state index in [2.05, 4.69) is 56.7 Å². The second-order valence-corrected chi connectivity index (χ2v) is 5.17. The smallest absolute Gasteiger partial charge is 0.330 e. The monoisotopic (exact) mass is 276 g/mol. The molecule has 0 aliphatic heterocycles. The van der Waals surface area contributed by atoms with Crippen molar-refractivity contribution < 1.29 is 9.53 Å². The van der Waals surface area contributed by atoms with E-state index in [4.69, 9.17) is 0 Å². The van der Waals surface area contributed by atoms with E-state index in [9.17, 15) is 4.79 Å². The third kappa shape index (κ3) is 10.4. The van der Waals surface area contributed by atoms with Gasteiger partial charge in [-0.05, 0) is 25.2 Å². The standard InChI is InChI=1S/C18H28O2/c1-6-15(2)11-12-17(4)14-13-16(3)9-7-8-10-18(19)20-5/h7-12,14-16H,6,13H2,1-5H3/b9-7+,10-8+,12-11+,17-14+/t15-,16+/m0/s1. The number of esters is 1. The Morgan fingerprint density at radius 2 is 1.80 bits per heavy atom. The first kappa shape index (κ1) is 18.4. The fraction of sp³-hybridized carbons (Fsp3) is 0.500. The lowest BCUT2D eigenvalue weighted by molar-refractivity contribution is -0.134. The summed E-state index contributed by atoms with van der Waals surface area (Å²) >= 11 is 0. The van der Waals surface area contributed by atoms with Crippen molar-refractivity contribution in [3.8, 4) is 0 Å². The molecular formula is C18H28O2. The van der Waals surface area contributed by atoms with E-state index in [0.717, 1.165) is 6.42 Å². The van der Waals surface area contributed by atoms with E-state index < -0.39 is 0 Å². The molecule has 0 saturated carbocycles. The number of rotatable bonds is 8. The Bertz CT molecular complexity index is 386. The van der Waals surface area contributed by atoms with Crippen LogP contribution in [0.15, 0.2) is 48.1 Å². The van der Waals surface area contributed by atoms with Gasteiger partial charge in [-0.15, -0.1) is 0 Å². The summed E-state index contributed by atoms with van der Waals surface area (Å²) in [5.74, 6) is 0.761. The van der Waals surface area contributed by atoms with Crippen LogP contribution < -0.4 is 0 Å². The molecule has 2 heteroatoms. The van der Waals surface area contributed by atoms with Gasteiger partial charge in [0, 0.05) is 6.08 Å². The maximum absolute atomic E-state index is 10.9. The first-order chi connectivity index (χ1) is 9.49. The molecule has 0 aromatic carbocycles. The van der Waals surface area contributed by atoms with Crippen molar-refractivity contribution in [1.82, 2.24) is 0 Å². The third-order valence-corrected chi connectivity index (χ3v) is 3.13. The summed E-state index contributed by atoms with van der Waals surface area (Å²) in [6, 6.07) is 0. The summed E-state index contributed by atoms with van der Waals surface area (Å²) < 4.78 is 4.51. The number of allylic oxidation sites excluding steroid dienone is 7. The summed E-state index contributed by atoms with van der Waals surface area (Å²) in [5.41, 5.74) is 1.30. The minimum absolute atomic E-state index is 0.326. The first-order valence-electron chi connectivity index (χ1n) is 7.27. The van der Waals surface area contributed by atoms with Crippen LogP contribution in [0.4, 0.5) is 0 Å². The number of hydrogen-bond donors (Lipinski definition) is 0. The summed E-state index contributed by atoms with van der Waals surface area (Å²) in [7, 11) is 1.37. The maximum atomic E-state index is 10.9. The van der Waals surface area contributed by atoms with Crippen molar-refractivity contribution in [2.45, 2.75) is 40.5 Å². The Labute approximate surface area is 123 Å². The van der Waals surface area contributed by atoms with Crippen molar-refractivity contribution >= 4 is 5.97 Å². The predicted molar refractivity (Wildman–Crippen MR) is 86.4 cm³/mol. The van der Waals surface area contributed by atoms with Crippen molar-refractivity contribution in [3.63, 3.8) is 0 Å². The zero-order valence-corrected chi connectivity index (χ0v) is 13.4. The normalized spacial score (nSPS) is 16.1. The Kier molecular flexibility index (Phi) is 10.4. The molecule has 0 saturated heterocycles. The van der Waals surface area contributed by atoms with E-state index in [-0.39, 0.29) is 5.97 Å². The fourth-order valence-electron chi connectivity index (χ4n) is 1.43. The van der Waals surface area contributed by atoms with E-state index in [1.54, 1.807) is 6.08 Å². The van der Waals surface area contributed by atoms with Crippen molar-refractivity contribution in [1.29, 1.82) is 0 Å². The zero-order valence-electron chi connectivity index (χ0n) is 13.4. The molecule has 0 radical (unpaired) electrons. The summed E-state index contributed by atoms with van der Waals surface area (Å²) in [4.78, 5) is 10.9. The highest BCUT2D eigenvalue weighted by molar-refractivity contribution is 5.82. The molecule has 0 aliphatic carbocycles. The molecule has 0 aromatic heterocycles. The number of hydrogen-bond acceptors (Lipinski definition) is 2. The zero-order chi connectivity index (χ0) is 15.4. The second-order valence-electron chi connectivity index (χ2n) is 5.17. The van der Waals surface area contributed by atoms with Gasteiger partial charge in [0.1, 0.15) is 0 Å². The van der Waals surface area contributed by atoms with E-state index in [1.165, 1.54) is 25.2 Å². The average molecular weight is 276 g/mol. The van der Waals surface area contributed by atoms with E-state index >= 15 is 0 Å². The molecule has 0 aliphatic rings. The quantitative estimate of drug-likeness (QED) is 0.360. The molecule has 0 bridgehead atoms. The molecule has 112 valence electrons. The molecule has 0 rings (SSSR count). The number of methoxy groups -OCH3 is 1. The molecule has 2 atom stereocenters. The summed E-state index contributed by atoms with van der Waals surface area (Å²) in [6.07, 6.45) is 16.0. The van der Waals surface area contributed by atoms with Gasteiger partial charge in [-0.1, -0.05) is 69.2 Å². The minimum Gasteiger partial charge on any atom is -0.466 e. The highest BCUT2D eigenvalue weighted by Crippen LogP contribution is 2.10. The molecule has 0 aromatic rings. The number of carbonyl (C=O) groups excluding carboxylic acids is 1. The maximum Gasteiger partial charge on any atom is 0.330 e. The lowest BCUT2D eigenvalue weighted by atomic mass is 10.0. The second kappa shape index (κ2) is 11.3. The first-order valence-corrected chi connectivity index (χ1v) is 7.27. The SMILES string of the molecule is CC[C@H](C)/C=C/C(C)=C/C[C@H](C)/C=C/C=C/C(=O)OC. The van der Waals surface area contributed by atoms with Crippen molar-refractivity contribution in [3.05, 3.63) is 48.1 Å². The van der Waals surface area contributed by atoms with Crippen LogP contribution in [0.1, 0.15) is 40.5 Å². The van der Waals surface area contributed by atoms with Gasteiger partial charge in [-0.25, -0.2) is 4.79 Å². The molecular weight excluding hydrogens is 248 g/mol. The van der Waals surface area contributed by atoms with E-state index in [0.29, 0.717) is 11.8 Å². The topological polar surface area (TPSA) is 26.3 Å². The third-order valence-electron chi connectivity index (χ3n) is 3.13. The van der Waals surface area contributed by atoms with Crippen LogP contribution >= 0.6 is 0 Å². The van der Waals surface area contributed by atoms with Gasteiger partial charge < -0.3 is 4.74 Å². The van der Waals surface area contributed by atoms with Crippen LogP contribution in [0.25, 0.3) is 0 Å². The highest BCUT2D eigenvalue weighted by atomic mass is 16.5. The molecule has 0 heterocycles. The Hall–Kier alpha value is -1.57. The van der Waals surface area contributed by atoms with Crippen LogP contribution in [-0.4, -0.2) is 13.1 Å². The van der Waals surface area contributed by atoms with Gasteiger partial charge in [0.15, 0.2) is 0 Å². The largest absolute Gasteiger partial charge is 0.466 e. The van der Waals surface area contributed by atoms with Crippen LogP contribution in [-0.2, 0) is 9.53 Å². The van der Waals surface area contributed by atoms with Crippen LogP contribution in [0.2, 0.25) is 0 Å². The lowest BCUT2D eigenvalue weighted by Gasteiger charge is -2.03. The Morgan fingerprint density at radius 1 is 1.10 bits per heavy atom.